The average molecular weight is 200 g/mol. The van der Waals surface area contributed by atoms with Gasteiger partial charge in [-0.05, 0) is 47.0 Å². The summed E-state index contributed by atoms with van der Waals surface area (Å²) in [6.45, 7) is 3.89. The Morgan fingerprint density at radius 2 is 2.00 bits per heavy atom. The molecule has 4 nitrogen and oxygen atoms in total. The zero-order chi connectivity index (χ0) is 10.7. The van der Waals surface area contributed by atoms with Crippen molar-refractivity contribution >= 4 is 5.97 Å². The van der Waals surface area contributed by atoms with E-state index >= 15 is 0 Å². The highest BCUT2D eigenvalue weighted by Crippen LogP contribution is 2.16. The van der Waals surface area contributed by atoms with Crippen LogP contribution in [0.3, 0.4) is 0 Å². The highest BCUT2D eigenvalue weighted by molar-refractivity contribution is 5.72. The second-order valence-electron chi connectivity index (χ2n) is 4.21. The van der Waals surface area contributed by atoms with Gasteiger partial charge >= 0.3 is 5.97 Å². The summed E-state index contributed by atoms with van der Waals surface area (Å²) in [5, 5.41) is 8.88. The van der Waals surface area contributed by atoms with Gasteiger partial charge in [0.25, 0.3) is 0 Å². The van der Waals surface area contributed by atoms with Crippen molar-refractivity contribution in [3.8, 4) is 0 Å². The Balaban J connectivity index is 2.45. The Bertz CT molecular complexity index is 200. The second kappa shape index (κ2) is 4.75. The lowest BCUT2D eigenvalue weighted by molar-refractivity contribution is -0.143. The molecule has 82 valence electrons. The number of carboxylic acids is 1. The van der Waals surface area contributed by atoms with E-state index in [1.54, 1.807) is 6.92 Å². The van der Waals surface area contributed by atoms with Gasteiger partial charge in [0, 0.05) is 6.04 Å². The van der Waals surface area contributed by atoms with Crippen molar-refractivity contribution in [2.24, 2.45) is 0 Å². The summed E-state index contributed by atoms with van der Waals surface area (Å²) in [6.07, 6.45) is 2.15. The molecule has 1 atom stereocenters. The smallest absolute Gasteiger partial charge is 0.320 e. The number of likely N-dealkylation sites (tertiary alicyclic amines) is 1. The minimum atomic E-state index is -0.730. The summed E-state index contributed by atoms with van der Waals surface area (Å²) < 4.78 is 0. The summed E-state index contributed by atoms with van der Waals surface area (Å²) in [6, 6.07) is 0.0562. The van der Waals surface area contributed by atoms with E-state index in [0.717, 1.165) is 25.9 Å². The number of rotatable bonds is 3. The Hall–Kier alpha value is -0.610. The van der Waals surface area contributed by atoms with Crippen LogP contribution in [-0.2, 0) is 4.79 Å². The van der Waals surface area contributed by atoms with E-state index in [0.29, 0.717) is 6.04 Å². The predicted octanol–water partition coefficient (Wildman–Crippen LogP) is 0.486. The van der Waals surface area contributed by atoms with E-state index < -0.39 is 5.97 Å². The maximum atomic E-state index is 10.8. The van der Waals surface area contributed by atoms with Crippen LogP contribution in [-0.4, -0.2) is 60.1 Å². The third-order valence-electron chi connectivity index (χ3n) is 3.23. The first-order valence-corrected chi connectivity index (χ1v) is 5.15. The lowest BCUT2D eigenvalue weighted by atomic mass is 10.0. The van der Waals surface area contributed by atoms with Gasteiger partial charge < -0.3 is 10.0 Å². The minimum Gasteiger partial charge on any atom is -0.480 e. The van der Waals surface area contributed by atoms with Crippen molar-refractivity contribution in [3.63, 3.8) is 0 Å². The molecule has 1 rings (SSSR count). The van der Waals surface area contributed by atoms with Gasteiger partial charge in [0.2, 0.25) is 0 Å². The third kappa shape index (κ3) is 2.69. The molecule has 1 heterocycles. The van der Waals surface area contributed by atoms with Crippen molar-refractivity contribution in [1.29, 1.82) is 0 Å². The normalized spacial score (nSPS) is 22.6. The van der Waals surface area contributed by atoms with Crippen molar-refractivity contribution in [1.82, 2.24) is 9.80 Å². The lowest BCUT2D eigenvalue weighted by Gasteiger charge is -2.36. The van der Waals surface area contributed by atoms with Gasteiger partial charge in [0.05, 0.1) is 0 Å². The fraction of sp³-hybridized carbons (Fsp3) is 0.900. The topological polar surface area (TPSA) is 43.8 Å². The standard InChI is InChI=1S/C10H20N2O2/c1-8(10(13)14)12(3)9-4-6-11(2)7-5-9/h8-9H,4-7H2,1-3H3,(H,13,14). The van der Waals surface area contributed by atoms with Crippen LogP contribution < -0.4 is 0 Å². The molecule has 0 radical (unpaired) electrons. The Morgan fingerprint density at radius 1 is 1.50 bits per heavy atom. The average Bonchev–Trinajstić information content (AvgIpc) is 2.16. The lowest BCUT2D eigenvalue weighted by Crippen LogP contribution is -2.47. The van der Waals surface area contributed by atoms with Crippen molar-refractivity contribution in [2.45, 2.75) is 31.8 Å². The van der Waals surface area contributed by atoms with Gasteiger partial charge in [-0.3, -0.25) is 9.69 Å². The van der Waals surface area contributed by atoms with Crippen molar-refractivity contribution in [2.75, 3.05) is 27.2 Å². The molecule has 0 bridgehead atoms. The first-order chi connectivity index (χ1) is 6.52. The molecule has 0 spiro atoms. The molecular weight excluding hydrogens is 180 g/mol. The number of aliphatic carboxylic acids is 1. The van der Waals surface area contributed by atoms with Gasteiger partial charge in [-0.1, -0.05) is 0 Å². The number of likely N-dealkylation sites (N-methyl/N-ethyl adjacent to an activating group) is 1. The zero-order valence-corrected chi connectivity index (χ0v) is 9.23. The fourth-order valence-electron chi connectivity index (χ4n) is 1.89. The van der Waals surface area contributed by atoms with Crippen LogP contribution in [0.1, 0.15) is 19.8 Å². The molecule has 1 N–H and O–H groups in total. The zero-order valence-electron chi connectivity index (χ0n) is 9.23. The number of nitrogens with zero attached hydrogens (tertiary/aromatic N) is 2. The van der Waals surface area contributed by atoms with Gasteiger partial charge in [0.1, 0.15) is 6.04 Å². The van der Waals surface area contributed by atoms with E-state index in [2.05, 4.69) is 11.9 Å². The summed E-state index contributed by atoms with van der Waals surface area (Å²) in [7, 11) is 4.02. The van der Waals surface area contributed by atoms with E-state index in [-0.39, 0.29) is 6.04 Å². The Labute approximate surface area is 85.5 Å². The molecule has 1 fully saturated rings. The maximum Gasteiger partial charge on any atom is 0.320 e. The summed E-state index contributed by atoms with van der Waals surface area (Å²) in [5.41, 5.74) is 0. The third-order valence-corrected chi connectivity index (χ3v) is 3.23. The SMILES string of the molecule is CC(C(=O)O)N(C)C1CCN(C)CC1. The van der Waals surface area contributed by atoms with Crippen molar-refractivity contribution in [3.05, 3.63) is 0 Å². The van der Waals surface area contributed by atoms with Gasteiger partial charge in [-0.25, -0.2) is 0 Å². The van der Waals surface area contributed by atoms with E-state index in [4.69, 9.17) is 5.11 Å². The Kier molecular flexibility index (Phi) is 3.89. The monoisotopic (exact) mass is 200 g/mol. The fourth-order valence-corrected chi connectivity index (χ4v) is 1.89. The highest BCUT2D eigenvalue weighted by atomic mass is 16.4. The molecule has 0 aromatic heterocycles. The maximum absolute atomic E-state index is 10.8. The van der Waals surface area contributed by atoms with Gasteiger partial charge in [-0.15, -0.1) is 0 Å². The summed E-state index contributed by atoms with van der Waals surface area (Å²) in [4.78, 5) is 15.1. The number of hydrogen-bond donors (Lipinski definition) is 1. The van der Waals surface area contributed by atoms with E-state index in [9.17, 15) is 4.79 Å². The van der Waals surface area contributed by atoms with Crippen LogP contribution in [0, 0.1) is 0 Å². The molecule has 14 heavy (non-hydrogen) atoms. The molecule has 0 saturated carbocycles. The largest absolute Gasteiger partial charge is 0.480 e. The van der Waals surface area contributed by atoms with E-state index in [1.807, 2.05) is 11.9 Å². The van der Waals surface area contributed by atoms with Crippen LogP contribution in [0.5, 0.6) is 0 Å². The van der Waals surface area contributed by atoms with Crippen LogP contribution in [0.4, 0.5) is 0 Å². The number of piperidine rings is 1. The first kappa shape index (κ1) is 11.5. The molecule has 1 aliphatic heterocycles. The van der Waals surface area contributed by atoms with Gasteiger partial charge in [-0.2, -0.15) is 0 Å². The molecule has 1 aliphatic rings. The van der Waals surface area contributed by atoms with Crippen LogP contribution in [0.2, 0.25) is 0 Å². The molecule has 4 heteroatoms. The highest BCUT2D eigenvalue weighted by Gasteiger charge is 2.26. The van der Waals surface area contributed by atoms with Crippen LogP contribution in [0.15, 0.2) is 0 Å². The van der Waals surface area contributed by atoms with E-state index in [1.165, 1.54) is 0 Å². The summed E-state index contributed by atoms with van der Waals surface area (Å²) >= 11 is 0. The molecular formula is C10H20N2O2. The second-order valence-corrected chi connectivity index (χ2v) is 4.21. The molecule has 0 aliphatic carbocycles. The Morgan fingerprint density at radius 3 is 2.43 bits per heavy atom. The van der Waals surface area contributed by atoms with Gasteiger partial charge in [0.15, 0.2) is 0 Å². The molecule has 1 unspecified atom stereocenters. The molecule has 1 saturated heterocycles. The predicted molar refractivity (Wildman–Crippen MR) is 55.4 cm³/mol. The van der Waals surface area contributed by atoms with Crippen LogP contribution >= 0.6 is 0 Å². The molecule has 0 aromatic carbocycles. The quantitative estimate of drug-likeness (QED) is 0.720. The molecule has 0 amide bonds. The first-order valence-electron chi connectivity index (χ1n) is 5.15. The summed E-state index contributed by atoms with van der Waals surface area (Å²) in [5.74, 6) is -0.730. The van der Waals surface area contributed by atoms with Crippen LogP contribution in [0.25, 0.3) is 0 Å². The number of carboxylic acid groups (broad SMARTS) is 1. The number of carbonyl (C=O) groups is 1. The molecule has 0 aromatic rings. The number of hydrogen-bond acceptors (Lipinski definition) is 3. The minimum absolute atomic E-state index is 0.372. The van der Waals surface area contributed by atoms with Crippen molar-refractivity contribution < 1.29 is 9.90 Å².